The van der Waals surface area contributed by atoms with E-state index in [4.69, 9.17) is 9.47 Å². The van der Waals surface area contributed by atoms with Crippen molar-refractivity contribution in [2.45, 2.75) is 19.0 Å². The molecule has 0 radical (unpaired) electrons. The molecule has 0 saturated carbocycles. The fraction of sp³-hybridized carbons (Fsp3) is 0.143. The molecule has 0 heterocycles. The minimum absolute atomic E-state index is 0.648. The Hall–Kier alpha value is -3.39. The molecule has 0 unspecified atom stereocenters. The summed E-state index contributed by atoms with van der Waals surface area (Å²) in [6, 6.07) is 51.2. The number of para-hydroxylation sites is 2. The van der Waals surface area contributed by atoms with Crippen molar-refractivity contribution in [1.29, 1.82) is 0 Å². The molecule has 0 amide bonds. The normalized spacial score (nSPS) is 12.3. The summed E-state index contributed by atoms with van der Waals surface area (Å²) in [7, 11) is 0. The zero-order valence-corrected chi connectivity index (χ0v) is 24.5. The van der Waals surface area contributed by atoms with E-state index in [0.717, 1.165) is 30.5 Å². The van der Waals surface area contributed by atoms with Crippen molar-refractivity contribution in [2.75, 3.05) is 13.2 Å². The standard InChI is InChI=1S/C35H34BrO2P/c36-39(32-20-7-2-8-21-32,33-22-9-3-10-23-33,34-24-11-4-12-25-34)29-30-17-13-14-26-35(30)38-28-16-15-27-37-31-18-5-1-6-19-31/h1-14,17-26H,15-16,27-29H2. The summed E-state index contributed by atoms with van der Waals surface area (Å²) in [6.07, 6.45) is 2.67. The van der Waals surface area contributed by atoms with Crippen molar-refractivity contribution in [2.24, 2.45) is 0 Å². The quantitative estimate of drug-likeness (QED) is 0.107. The first kappa shape index (κ1) is 27.2. The van der Waals surface area contributed by atoms with Crippen LogP contribution in [0.15, 0.2) is 146 Å². The van der Waals surface area contributed by atoms with Crippen LogP contribution in [0.4, 0.5) is 0 Å². The molecule has 2 nitrogen and oxygen atoms in total. The van der Waals surface area contributed by atoms with E-state index in [9.17, 15) is 0 Å². The predicted molar refractivity (Wildman–Crippen MR) is 171 cm³/mol. The second-order valence-electron chi connectivity index (χ2n) is 9.67. The van der Waals surface area contributed by atoms with Crippen molar-refractivity contribution >= 4 is 36.7 Å². The number of hydrogen-bond donors (Lipinski definition) is 0. The number of hydrogen-bond acceptors (Lipinski definition) is 2. The zero-order valence-electron chi connectivity index (χ0n) is 22.0. The van der Waals surface area contributed by atoms with E-state index < -0.39 is 5.31 Å². The summed E-state index contributed by atoms with van der Waals surface area (Å²) in [5.41, 5.74) is 1.20. The average Bonchev–Trinajstić information content (AvgIpc) is 3.01. The van der Waals surface area contributed by atoms with Crippen LogP contribution in [0.5, 0.6) is 11.5 Å². The zero-order chi connectivity index (χ0) is 26.8. The van der Waals surface area contributed by atoms with Crippen LogP contribution in [0.25, 0.3) is 0 Å². The van der Waals surface area contributed by atoms with Gasteiger partial charge in [0.25, 0.3) is 0 Å². The van der Waals surface area contributed by atoms with Gasteiger partial charge in [-0.2, -0.15) is 0 Å². The molecule has 0 bridgehead atoms. The van der Waals surface area contributed by atoms with Gasteiger partial charge in [0.15, 0.2) is 0 Å². The van der Waals surface area contributed by atoms with Crippen molar-refractivity contribution in [3.05, 3.63) is 151 Å². The molecular formula is C35H34BrO2P. The first-order valence-electron chi connectivity index (χ1n) is 13.5. The van der Waals surface area contributed by atoms with Gasteiger partial charge in [-0.25, -0.2) is 0 Å². The molecule has 5 rings (SSSR count). The van der Waals surface area contributed by atoms with Crippen LogP contribution in [-0.2, 0) is 6.16 Å². The van der Waals surface area contributed by atoms with Gasteiger partial charge in [-0.1, -0.05) is 6.07 Å². The summed E-state index contributed by atoms with van der Waals surface area (Å²) in [6.45, 7) is 1.33. The maximum atomic E-state index is 6.43. The van der Waals surface area contributed by atoms with E-state index in [0.29, 0.717) is 13.2 Å². The third-order valence-electron chi connectivity index (χ3n) is 7.13. The van der Waals surface area contributed by atoms with Crippen LogP contribution < -0.4 is 25.4 Å². The summed E-state index contributed by atoms with van der Waals surface area (Å²) in [5.74, 6) is 1.85. The van der Waals surface area contributed by atoms with Gasteiger partial charge < -0.3 is 0 Å². The molecule has 0 N–H and O–H groups in total. The topological polar surface area (TPSA) is 18.5 Å². The van der Waals surface area contributed by atoms with Gasteiger partial charge in [-0.3, -0.25) is 0 Å². The molecule has 0 saturated heterocycles. The fourth-order valence-corrected chi connectivity index (χ4v) is 12.8. The molecule has 0 spiro atoms. The molecule has 0 aliphatic rings. The first-order chi connectivity index (χ1) is 19.2. The summed E-state index contributed by atoms with van der Waals surface area (Å²) in [4.78, 5) is 0. The van der Waals surface area contributed by atoms with E-state index in [-0.39, 0.29) is 0 Å². The fourth-order valence-electron chi connectivity index (χ4n) is 5.13. The second-order valence-corrected chi connectivity index (χ2v) is 18.6. The minimum atomic E-state index is -3.10. The second kappa shape index (κ2) is 12.6. The van der Waals surface area contributed by atoms with Gasteiger partial charge >= 0.3 is 235 Å². The van der Waals surface area contributed by atoms with Gasteiger partial charge in [0, 0.05) is 0 Å². The number of benzene rings is 5. The first-order valence-corrected chi connectivity index (χ1v) is 17.9. The van der Waals surface area contributed by atoms with Gasteiger partial charge in [0.2, 0.25) is 0 Å². The maximum absolute atomic E-state index is 6.43. The van der Waals surface area contributed by atoms with Gasteiger partial charge in [-0.05, 0) is 0 Å². The van der Waals surface area contributed by atoms with Gasteiger partial charge in [-0.15, -0.1) is 0 Å². The molecule has 5 aromatic carbocycles. The third kappa shape index (κ3) is 5.96. The van der Waals surface area contributed by atoms with Crippen molar-refractivity contribution in [3.63, 3.8) is 0 Å². The Kier molecular flexibility index (Phi) is 8.81. The molecule has 39 heavy (non-hydrogen) atoms. The molecule has 0 aliphatic carbocycles. The van der Waals surface area contributed by atoms with Crippen LogP contribution in [0, 0.1) is 0 Å². The van der Waals surface area contributed by atoms with Gasteiger partial charge in [0.05, 0.1) is 0 Å². The van der Waals surface area contributed by atoms with Gasteiger partial charge in [0.1, 0.15) is 0 Å². The Morgan fingerprint density at radius 3 is 1.38 bits per heavy atom. The Labute approximate surface area is 240 Å². The molecular weight excluding hydrogens is 563 g/mol. The molecule has 0 atom stereocenters. The molecule has 5 aromatic rings. The Balaban J connectivity index is 1.44. The number of ether oxygens (including phenoxy) is 2. The molecule has 0 fully saturated rings. The molecule has 4 heteroatoms. The Morgan fingerprint density at radius 2 is 0.872 bits per heavy atom. The average molecular weight is 598 g/mol. The monoisotopic (exact) mass is 596 g/mol. The molecule has 0 aliphatic heterocycles. The van der Waals surface area contributed by atoms with E-state index in [1.54, 1.807) is 0 Å². The number of halogens is 1. The third-order valence-corrected chi connectivity index (χ3v) is 16.6. The SMILES string of the molecule is BrP(Cc1ccccc1OCCCCOc1ccccc1)(c1ccccc1)(c1ccccc1)c1ccccc1. The van der Waals surface area contributed by atoms with Crippen molar-refractivity contribution in [3.8, 4) is 11.5 Å². The van der Waals surface area contributed by atoms with E-state index >= 15 is 0 Å². The van der Waals surface area contributed by atoms with Crippen LogP contribution in [-0.4, -0.2) is 13.2 Å². The Bertz CT molecular complexity index is 1340. The number of rotatable bonds is 12. The predicted octanol–water partition coefficient (Wildman–Crippen LogP) is 8.26. The van der Waals surface area contributed by atoms with Crippen LogP contribution in [0.3, 0.4) is 0 Å². The van der Waals surface area contributed by atoms with E-state index in [2.05, 4.69) is 131 Å². The summed E-state index contributed by atoms with van der Waals surface area (Å²) < 4.78 is 12.3. The van der Waals surface area contributed by atoms with Crippen molar-refractivity contribution in [1.82, 2.24) is 0 Å². The molecule has 0 aromatic heterocycles. The van der Waals surface area contributed by atoms with E-state index in [1.165, 1.54) is 21.5 Å². The molecule has 198 valence electrons. The van der Waals surface area contributed by atoms with Crippen LogP contribution in [0.1, 0.15) is 18.4 Å². The van der Waals surface area contributed by atoms with Crippen molar-refractivity contribution < 1.29 is 9.47 Å². The van der Waals surface area contributed by atoms with Crippen LogP contribution >= 0.6 is 20.8 Å². The summed E-state index contributed by atoms with van der Waals surface area (Å²) in [5, 5.41) is 0.796. The Morgan fingerprint density at radius 1 is 0.462 bits per heavy atom. The number of unbranched alkanes of at least 4 members (excludes halogenated alkanes) is 1. The summed E-state index contributed by atoms with van der Waals surface area (Å²) >= 11 is 4.57. The van der Waals surface area contributed by atoms with Crippen LogP contribution in [0.2, 0.25) is 0 Å². The van der Waals surface area contributed by atoms with E-state index in [1.807, 2.05) is 30.3 Å².